The summed E-state index contributed by atoms with van der Waals surface area (Å²) in [5.41, 5.74) is 3.45. The van der Waals surface area contributed by atoms with Crippen molar-refractivity contribution in [3.63, 3.8) is 0 Å². The Morgan fingerprint density at radius 2 is 2.00 bits per heavy atom. The summed E-state index contributed by atoms with van der Waals surface area (Å²) >= 11 is 0. The summed E-state index contributed by atoms with van der Waals surface area (Å²) < 4.78 is 11.9. The molecule has 2 atom stereocenters. The molecule has 3 aliphatic rings. The van der Waals surface area contributed by atoms with E-state index in [0.29, 0.717) is 32.2 Å². The summed E-state index contributed by atoms with van der Waals surface area (Å²) in [6.07, 6.45) is 1.34. The summed E-state index contributed by atoms with van der Waals surface area (Å²) in [6.45, 7) is 6.81. The first-order chi connectivity index (χ1) is 18.7. The highest BCUT2D eigenvalue weighted by atomic mass is 16.5. The Balaban J connectivity index is 1.31. The highest BCUT2D eigenvalue weighted by molar-refractivity contribution is 5.94. The number of nitrogens with one attached hydrogen (secondary N) is 1. The lowest BCUT2D eigenvalue weighted by Gasteiger charge is -2.37. The van der Waals surface area contributed by atoms with Gasteiger partial charge < -0.3 is 24.6 Å². The molecule has 9 nitrogen and oxygen atoms in total. The molecule has 38 heavy (non-hydrogen) atoms. The minimum absolute atomic E-state index is 0.132. The SMILES string of the molecule is CN1CCOC[C@@H]1COc1nc2c(c(N3CCNC(CC#N)C3)n1)CCN(c1cccc3ccccc13)C2. The Bertz CT molecular complexity index is 1320. The van der Waals surface area contributed by atoms with E-state index >= 15 is 0 Å². The Labute approximate surface area is 224 Å². The van der Waals surface area contributed by atoms with Crippen molar-refractivity contribution >= 4 is 22.3 Å². The fraction of sp³-hybridized carbons (Fsp3) is 0.483. The molecule has 3 aliphatic heterocycles. The van der Waals surface area contributed by atoms with Gasteiger partial charge >= 0.3 is 6.01 Å². The molecule has 0 radical (unpaired) electrons. The molecule has 6 rings (SSSR count). The predicted octanol–water partition coefficient (Wildman–Crippen LogP) is 2.59. The van der Waals surface area contributed by atoms with Crippen LogP contribution in [0.1, 0.15) is 17.7 Å². The van der Waals surface area contributed by atoms with E-state index in [-0.39, 0.29) is 12.1 Å². The molecule has 2 aromatic carbocycles. The molecule has 0 spiro atoms. The number of piperazine rings is 1. The van der Waals surface area contributed by atoms with Crippen LogP contribution in [0, 0.1) is 11.3 Å². The smallest absolute Gasteiger partial charge is 0.318 e. The Kier molecular flexibility index (Phi) is 7.27. The number of anilines is 2. The number of aromatic nitrogens is 2. The van der Waals surface area contributed by atoms with Crippen LogP contribution in [0.4, 0.5) is 11.5 Å². The van der Waals surface area contributed by atoms with E-state index in [2.05, 4.69) is 75.6 Å². The predicted molar refractivity (Wildman–Crippen MR) is 148 cm³/mol. The normalized spacial score (nSPS) is 22.2. The van der Waals surface area contributed by atoms with E-state index in [1.54, 1.807) is 0 Å². The average molecular weight is 514 g/mol. The van der Waals surface area contributed by atoms with Crippen LogP contribution in [0.15, 0.2) is 42.5 Å². The van der Waals surface area contributed by atoms with Gasteiger partial charge in [-0.3, -0.25) is 4.90 Å². The largest absolute Gasteiger partial charge is 0.462 e. The highest BCUT2D eigenvalue weighted by Crippen LogP contribution is 2.34. The van der Waals surface area contributed by atoms with Gasteiger partial charge in [0.2, 0.25) is 0 Å². The van der Waals surface area contributed by atoms with Gasteiger partial charge in [0.05, 0.1) is 44.0 Å². The molecular weight excluding hydrogens is 478 g/mol. The zero-order chi connectivity index (χ0) is 25.9. The van der Waals surface area contributed by atoms with Crippen molar-refractivity contribution in [1.29, 1.82) is 5.26 Å². The van der Waals surface area contributed by atoms with Crippen molar-refractivity contribution in [3.05, 3.63) is 53.7 Å². The highest BCUT2D eigenvalue weighted by Gasteiger charge is 2.29. The van der Waals surface area contributed by atoms with Crippen LogP contribution in [0.3, 0.4) is 0 Å². The lowest BCUT2D eigenvalue weighted by atomic mass is 10.0. The van der Waals surface area contributed by atoms with Crippen LogP contribution in [0.5, 0.6) is 6.01 Å². The van der Waals surface area contributed by atoms with Gasteiger partial charge in [0.15, 0.2) is 0 Å². The zero-order valence-electron chi connectivity index (χ0n) is 22.0. The number of morpholine rings is 1. The summed E-state index contributed by atoms with van der Waals surface area (Å²) in [5.74, 6) is 0.959. The second-order valence-corrected chi connectivity index (χ2v) is 10.4. The number of ether oxygens (including phenoxy) is 2. The number of fused-ring (bicyclic) bond motifs is 2. The molecule has 0 amide bonds. The molecule has 1 N–H and O–H groups in total. The summed E-state index contributed by atoms with van der Waals surface area (Å²) in [6, 6.07) is 18.1. The molecule has 3 aromatic rings. The van der Waals surface area contributed by atoms with Gasteiger partial charge in [0.25, 0.3) is 0 Å². The maximum Gasteiger partial charge on any atom is 0.318 e. The standard InChI is InChI=1S/C29H35N7O2/c1-34-15-16-37-19-23(34)20-38-29-32-26-18-35(27-8-4-6-21-5-2-3-7-24(21)27)13-10-25(26)28(33-29)36-14-12-31-22(17-36)9-11-30/h2-8,22-23,31H,9-10,12-20H2,1H3/t22?,23-/m1/s1. The number of nitrogens with zero attached hydrogens (tertiary/aromatic N) is 6. The molecule has 1 aromatic heterocycles. The van der Waals surface area contributed by atoms with Crippen molar-refractivity contribution in [3.8, 4) is 12.1 Å². The fourth-order valence-corrected chi connectivity index (χ4v) is 5.75. The summed E-state index contributed by atoms with van der Waals surface area (Å²) in [5, 5.41) is 15.2. The third-order valence-electron chi connectivity index (χ3n) is 7.95. The van der Waals surface area contributed by atoms with Crippen molar-refractivity contribution < 1.29 is 9.47 Å². The molecule has 0 saturated carbocycles. The lowest BCUT2D eigenvalue weighted by Crippen LogP contribution is -2.51. The van der Waals surface area contributed by atoms with Crippen LogP contribution in [0.25, 0.3) is 10.8 Å². The van der Waals surface area contributed by atoms with E-state index in [1.807, 2.05) is 0 Å². The van der Waals surface area contributed by atoms with Gasteiger partial charge in [-0.1, -0.05) is 36.4 Å². The first-order valence-electron chi connectivity index (χ1n) is 13.6. The van der Waals surface area contributed by atoms with Crippen molar-refractivity contribution in [2.75, 3.05) is 69.4 Å². The third kappa shape index (κ3) is 5.12. The molecular formula is C29H35N7O2. The fourth-order valence-electron chi connectivity index (χ4n) is 5.75. The second kappa shape index (κ2) is 11.1. The quantitative estimate of drug-likeness (QED) is 0.534. The Morgan fingerprint density at radius 3 is 2.89 bits per heavy atom. The third-order valence-corrected chi connectivity index (χ3v) is 7.95. The monoisotopic (exact) mass is 513 g/mol. The number of hydrogen-bond donors (Lipinski definition) is 1. The van der Waals surface area contributed by atoms with Crippen molar-refractivity contribution in [2.45, 2.75) is 31.5 Å². The van der Waals surface area contributed by atoms with Gasteiger partial charge in [0, 0.05) is 55.4 Å². The molecule has 4 heterocycles. The van der Waals surface area contributed by atoms with E-state index < -0.39 is 0 Å². The van der Waals surface area contributed by atoms with Crippen LogP contribution >= 0.6 is 0 Å². The van der Waals surface area contributed by atoms with Gasteiger partial charge in [-0.25, -0.2) is 0 Å². The molecule has 2 fully saturated rings. The number of likely N-dealkylation sites (N-methyl/N-ethyl adjacent to an activating group) is 1. The first-order valence-corrected chi connectivity index (χ1v) is 13.6. The van der Waals surface area contributed by atoms with E-state index in [9.17, 15) is 5.26 Å². The molecule has 1 unspecified atom stereocenters. The Hall–Kier alpha value is -3.45. The average Bonchev–Trinajstić information content (AvgIpc) is 2.96. The van der Waals surface area contributed by atoms with Gasteiger partial charge in [-0.05, 0) is 24.9 Å². The lowest BCUT2D eigenvalue weighted by molar-refractivity contribution is -0.0120. The van der Waals surface area contributed by atoms with Crippen molar-refractivity contribution in [2.24, 2.45) is 0 Å². The maximum atomic E-state index is 9.27. The first kappa shape index (κ1) is 24.9. The van der Waals surface area contributed by atoms with E-state index in [1.165, 1.54) is 22.0 Å². The zero-order valence-corrected chi connectivity index (χ0v) is 22.0. The van der Waals surface area contributed by atoms with Gasteiger partial charge in [-0.2, -0.15) is 15.2 Å². The van der Waals surface area contributed by atoms with Crippen LogP contribution in [-0.4, -0.2) is 86.5 Å². The van der Waals surface area contributed by atoms with Crippen LogP contribution < -0.4 is 19.9 Å². The van der Waals surface area contributed by atoms with Crippen molar-refractivity contribution in [1.82, 2.24) is 20.2 Å². The molecule has 0 bridgehead atoms. The van der Waals surface area contributed by atoms with Crippen LogP contribution in [-0.2, 0) is 17.7 Å². The van der Waals surface area contributed by atoms with Crippen LogP contribution in [0.2, 0.25) is 0 Å². The molecule has 9 heteroatoms. The minimum atomic E-state index is 0.132. The van der Waals surface area contributed by atoms with Gasteiger partial charge in [-0.15, -0.1) is 0 Å². The van der Waals surface area contributed by atoms with E-state index in [0.717, 1.165) is 57.3 Å². The molecule has 0 aliphatic carbocycles. The number of benzene rings is 2. The topological polar surface area (TPSA) is 89.8 Å². The molecule has 2 saturated heterocycles. The molecule has 198 valence electrons. The summed E-state index contributed by atoms with van der Waals surface area (Å²) in [7, 11) is 2.10. The number of nitriles is 1. The summed E-state index contributed by atoms with van der Waals surface area (Å²) in [4.78, 5) is 16.9. The number of hydrogen-bond acceptors (Lipinski definition) is 9. The second-order valence-electron chi connectivity index (χ2n) is 10.4. The maximum absolute atomic E-state index is 9.27. The Morgan fingerprint density at radius 1 is 1.11 bits per heavy atom. The van der Waals surface area contributed by atoms with E-state index in [4.69, 9.17) is 19.4 Å². The van der Waals surface area contributed by atoms with Gasteiger partial charge in [0.1, 0.15) is 12.4 Å². The minimum Gasteiger partial charge on any atom is -0.462 e. The number of rotatable bonds is 6.